The maximum atomic E-state index is 12.5. The maximum absolute atomic E-state index is 12.5. The van der Waals surface area contributed by atoms with Crippen molar-refractivity contribution in [3.63, 3.8) is 0 Å². The van der Waals surface area contributed by atoms with E-state index in [2.05, 4.69) is 10.3 Å². The van der Waals surface area contributed by atoms with Crippen LogP contribution in [0.3, 0.4) is 0 Å². The minimum Gasteiger partial charge on any atom is -0.481 e. The topological polar surface area (TPSA) is 79.3 Å². The summed E-state index contributed by atoms with van der Waals surface area (Å²) in [5, 5.41) is 15.0. The van der Waals surface area contributed by atoms with Gasteiger partial charge in [-0.1, -0.05) is 36.8 Å². The lowest BCUT2D eigenvalue weighted by atomic mass is 9.81. The Morgan fingerprint density at radius 2 is 1.96 bits per heavy atom. The molecule has 0 aliphatic heterocycles. The van der Waals surface area contributed by atoms with Crippen molar-refractivity contribution in [2.45, 2.75) is 38.6 Å². The second kappa shape index (κ2) is 7.78. The number of hydrogen-bond donors (Lipinski definition) is 2. The highest BCUT2D eigenvalue weighted by atomic mass is 32.1. The van der Waals surface area contributed by atoms with Gasteiger partial charge in [-0.25, -0.2) is 4.98 Å². The third kappa shape index (κ3) is 4.25. The predicted octanol–water partition coefficient (Wildman–Crippen LogP) is 3.88. The first-order valence-corrected chi connectivity index (χ1v) is 9.46. The van der Waals surface area contributed by atoms with Crippen molar-refractivity contribution in [2.24, 2.45) is 11.8 Å². The number of aliphatic carboxylic acids is 1. The first-order chi connectivity index (χ1) is 12.0. The van der Waals surface area contributed by atoms with Crippen LogP contribution in [-0.2, 0) is 9.59 Å². The molecule has 2 aromatic rings. The SMILES string of the molecule is CC(NC(=O)C1CCCC(C(=O)O)C1)c1nc(-c2ccccc2)cs1. The van der Waals surface area contributed by atoms with Crippen LogP contribution in [0.5, 0.6) is 0 Å². The summed E-state index contributed by atoms with van der Waals surface area (Å²) in [4.78, 5) is 28.3. The average molecular weight is 358 g/mol. The zero-order chi connectivity index (χ0) is 17.8. The summed E-state index contributed by atoms with van der Waals surface area (Å²) >= 11 is 1.53. The van der Waals surface area contributed by atoms with E-state index in [1.807, 2.05) is 42.6 Å². The Morgan fingerprint density at radius 3 is 2.68 bits per heavy atom. The fourth-order valence-corrected chi connectivity index (χ4v) is 4.11. The molecule has 0 spiro atoms. The molecule has 1 heterocycles. The molecule has 132 valence electrons. The van der Waals surface area contributed by atoms with Gasteiger partial charge in [0.1, 0.15) is 5.01 Å². The molecule has 6 heteroatoms. The molecule has 3 atom stereocenters. The van der Waals surface area contributed by atoms with E-state index in [1.165, 1.54) is 11.3 Å². The lowest BCUT2D eigenvalue weighted by molar-refractivity contribution is -0.144. The second-order valence-corrected chi connectivity index (χ2v) is 7.46. The normalized spacial score (nSPS) is 21.5. The molecular weight excluding hydrogens is 336 g/mol. The van der Waals surface area contributed by atoms with Crippen LogP contribution in [0.1, 0.15) is 43.7 Å². The van der Waals surface area contributed by atoms with Gasteiger partial charge in [0.15, 0.2) is 0 Å². The Balaban J connectivity index is 1.62. The summed E-state index contributed by atoms with van der Waals surface area (Å²) in [6.07, 6.45) is 2.65. The van der Waals surface area contributed by atoms with E-state index in [9.17, 15) is 9.59 Å². The van der Waals surface area contributed by atoms with Crippen LogP contribution in [0.4, 0.5) is 0 Å². The van der Waals surface area contributed by atoms with Crippen molar-refractivity contribution in [2.75, 3.05) is 0 Å². The van der Waals surface area contributed by atoms with Gasteiger partial charge in [0.2, 0.25) is 5.91 Å². The summed E-state index contributed by atoms with van der Waals surface area (Å²) in [7, 11) is 0. The highest BCUT2D eigenvalue weighted by molar-refractivity contribution is 7.10. The van der Waals surface area contributed by atoms with Gasteiger partial charge in [-0.15, -0.1) is 11.3 Å². The van der Waals surface area contributed by atoms with Crippen molar-refractivity contribution >= 4 is 23.2 Å². The molecule has 1 amide bonds. The Bertz CT molecular complexity index is 744. The fraction of sp³-hybridized carbons (Fsp3) is 0.421. The summed E-state index contributed by atoms with van der Waals surface area (Å²) < 4.78 is 0. The van der Waals surface area contributed by atoms with Gasteiger partial charge in [-0.05, 0) is 26.2 Å². The van der Waals surface area contributed by atoms with Crippen molar-refractivity contribution < 1.29 is 14.7 Å². The fourth-order valence-electron chi connectivity index (χ4n) is 3.27. The molecule has 0 radical (unpaired) electrons. The molecule has 3 unspecified atom stereocenters. The molecule has 0 saturated heterocycles. The van der Waals surface area contributed by atoms with Gasteiger partial charge in [0.25, 0.3) is 0 Å². The number of rotatable bonds is 5. The molecule has 5 nitrogen and oxygen atoms in total. The van der Waals surface area contributed by atoms with Gasteiger partial charge in [-0.3, -0.25) is 9.59 Å². The molecule has 1 aliphatic carbocycles. The lowest BCUT2D eigenvalue weighted by Gasteiger charge is -2.26. The van der Waals surface area contributed by atoms with Crippen LogP contribution in [0.15, 0.2) is 35.7 Å². The zero-order valence-corrected chi connectivity index (χ0v) is 15.0. The first-order valence-electron chi connectivity index (χ1n) is 8.58. The Morgan fingerprint density at radius 1 is 1.24 bits per heavy atom. The molecule has 2 N–H and O–H groups in total. The number of thiazole rings is 1. The average Bonchev–Trinajstić information content (AvgIpc) is 3.13. The van der Waals surface area contributed by atoms with E-state index in [0.717, 1.165) is 29.1 Å². The number of hydrogen-bond acceptors (Lipinski definition) is 4. The third-order valence-electron chi connectivity index (χ3n) is 4.71. The van der Waals surface area contributed by atoms with Gasteiger partial charge in [-0.2, -0.15) is 0 Å². The van der Waals surface area contributed by atoms with Gasteiger partial charge >= 0.3 is 5.97 Å². The minimum atomic E-state index is -0.794. The van der Waals surface area contributed by atoms with E-state index in [1.54, 1.807) is 0 Å². The number of amides is 1. The third-order valence-corrected chi connectivity index (χ3v) is 5.74. The van der Waals surface area contributed by atoms with Crippen molar-refractivity contribution in [1.29, 1.82) is 0 Å². The smallest absolute Gasteiger partial charge is 0.306 e. The van der Waals surface area contributed by atoms with E-state index in [0.29, 0.717) is 12.8 Å². The summed E-state index contributed by atoms with van der Waals surface area (Å²) in [6, 6.07) is 9.75. The Kier molecular flexibility index (Phi) is 5.48. The zero-order valence-electron chi connectivity index (χ0n) is 14.1. The molecule has 1 aromatic carbocycles. The highest BCUT2D eigenvalue weighted by Crippen LogP contribution is 2.30. The molecule has 25 heavy (non-hydrogen) atoms. The number of nitrogens with one attached hydrogen (secondary N) is 1. The van der Waals surface area contributed by atoms with E-state index in [-0.39, 0.29) is 17.9 Å². The molecule has 1 saturated carbocycles. The second-order valence-electron chi connectivity index (χ2n) is 6.57. The van der Waals surface area contributed by atoms with Crippen molar-refractivity contribution in [1.82, 2.24) is 10.3 Å². The van der Waals surface area contributed by atoms with Gasteiger partial charge in [0.05, 0.1) is 17.7 Å². The molecule has 1 fully saturated rings. The number of carboxylic acids is 1. The van der Waals surface area contributed by atoms with Gasteiger partial charge in [0, 0.05) is 16.9 Å². The summed E-state index contributed by atoms with van der Waals surface area (Å²) in [5.41, 5.74) is 1.96. The molecule has 0 bridgehead atoms. The largest absolute Gasteiger partial charge is 0.481 e. The van der Waals surface area contributed by atoms with Gasteiger partial charge < -0.3 is 10.4 Å². The predicted molar refractivity (Wildman–Crippen MR) is 97.2 cm³/mol. The standard InChI is InChI=1S/C19H22N2O3S/c1-12(18-21-16(11-25-18)13-6-3-2-4-7-13)20-17(22)14-8-5-9-15(10-14)19(23)24/h2-4,6-7,11-12,14-15H,5,8-10H2,1H3,(H,20,22)(H,23,24). The number of carboxylic acid groups (broad SMARTS) is 1. The number of aromatic nitrogens is 1. The maximum Gasteiger partial charge on any atom is 0.306 e. The Hall–Kier alpha value is -2.21. The monoisotopic (exact) mass is 358 g/mol. The van der Waals surface area contributed by atoms with Crippen LogP contribution >= 0.6 is 11.3 Å². The van der Waals surface area contributed by atoms with Crippen LogP contribution in [0.25, 0.3) is 11.3 Å². The van der Waals surface area contributed by atoms with Crippen molar-refractivity contribution in [3.05, 3.63) is 40.7 Å². The van der Waals surface area contributed by atoms with E-state index >= 15 is 0 Å². The van der Waals surface area contributed by atoms with E-state index < -0.39 is 11.9 Å². The molecule has 3 rings (SSSR count). The summed E-state index contributed by atoms with van der Waals surface area (Å²) in [6.45, 7) is 1.92. The number of carbonyl (C=O) groups is 2. The molecule has 1 aromatic heterocycles. The molecular formula is C19H22N2O3S. The minimum absolute atomic E-state index is 0.0603. The van der Waals surface area contributed by atoms with Crippen LogP contribution in [-0.4, -0.2) is 22.0 Å². The van der Waals surface area contributed by atoms with Crippen LogP contribution < -0.4 is 5.32 Å². The summed E-state index contributed by atoms with van der Waals surface area (Å²) in [5.74, 6) is -1.47. The van der Waals surface area contributed by atoms with E-state index in [4.69, 9.17) is 5.11 Å². The highest BCUT2D eigenvalue weighted by Gasteiger charge is 2.31. The van der Waals surface area contributed by atoms with Crippen molar-refractivity contribution in [3.8, 4) is 11.3 Å². The van der Waals surface area contributed by atoms with Crippen LogP contribution in [0.2, 0.25) is 0 Å². The lowest BCUT2D eigenvalue weighted by Crippen LogP contribution is -2.36. The Labute approximate surface area is 151 Å². The number of benzene rings is 1. The number of carbonyl (C=O) groups excluding carboxylic acids is 1. The number of nitrogens with zero attached hydrogens (tertiary/aromatic N) is 1. The van der Waals surface area contributed by atoms with Crippen LogP contribution in [0, 0.1) is 11.8 Å². The molecule has 1 aliphatic rings. The first kappa shape index (κ1) is 17.6. The quantitative estimate of drug-likeness (QED) is 0.850.